The predicted octanol–water partition coefficient (Wildman–Crippen LogP) is 1.00. The van der Waals surface area contributed by atoms with Crippen molar-refractivity contribution >= 4 is 24.0 Å². The molecule has 0 bridgehead atoms. The van der Waals surface area contributed by atoms with E-state index in [0.717, 1.165) is 0 Å². The normalized spacial score (nSPS) is 9.58. The van der Waals surface area contributed by atoms with Gasteiger partial charge in [-0.2, -0.15) is 0 Å². The molecule has 1 rings (SSSR count). The molecule has 12 heavy (non-hydrogen) atoms. The fourth-order valence-corrected chi connectivity index (χ4v) is 0.603. The van der Waals surface area contributed by atoms with Gasteiger partial charge in [0.2, 0.25) is 0 Å². The zero-order valence-electron chi connectivity index (χ0n) is 5.87. The van der Waals surface area contributed by atoms with Crippen LogP contribution in [-0.4, -0.2) is 9.97 Å². The molecule has 0 fully saturated rings. The highest BCUT2D eigenvalue weighted by Gasteiger charge is 2.11. The van der Waals surface area contributed by atoms with Crippen LogP contribution in [0.15, 0.2) is 6.07 Å². The van der Waals surface area contributed by atoms with Crippen molar-refractivity contribution in [2.75, 3.05) is 11.5 Å². The van der Waals surface area contributed by atoms with Gasteiger partial charge in [0.25, 0.3) is 6.43 Å². The van der Waals surface area contributed by atoms with Crippen molar-refractivity contribution in [2.24, 2.45) is 0 Å². The topological polar surface area (TPSA) is 77.8 Å². The van der Waals surface area contributed by atoms with E-state index in [4.69, 9.17) is 11.5 Å². The van der Waals surface area contributed by atoms with Crippen LogP contribution in [0.5, 0.6) is 0 Å². The zero-order valence-corrected chi connectivity index (χ0v) is 6.68. The van der Waals surface area contributed by atoms with E-state index in [1.165, 1.54) is 6.07 Å². The minimum atomic E-state index is -2.74. The van der Waals surface area contributed by atoms with Gasteiger partial charge in [0.1, 0.15) is 11.6 Å². The number of anilines is 2. The molecule has 7 heteroatoms. The highest BCUT2D eigenvalue weighted by atomic mass is 35.5. The second-order valence-corrected chi connectivity index (χ2v) is 1.88. The monoisotopic (exact) mass is 196 g/mol. The van der Waals surface area contributed by atoms with Crippen molar-refractivity contribution in [2.45, 2.75) is 6.43 Å². The van der Waals surface area contributed by atoms with Crippen LogP contribution in [0.25, 0.3) is 0 Å². The van der Waals surface area contributed by atoms with Crippen LogP contribution in [-0.2, 0) is 0 Å². The first kappa shape index (κ1) is 10.8. The second kappa shape index (κ2) is 4.01. The Bertz CT molecular complexity index is 247. The summed E-state index contributed by atoms with van der Waals surface area (Å²) in [5, 5.41) is 0. The number of nitrogens with two attached hydrogens (primary N) is 2. The number of alkyl halides is 2. The third-order valence-electron chi connectivity index (χ3n) is 0.978. The summed E-state index contributed by atoms with van der Waals surface area (Å²) in [6, 6.07) is 1.21. The lowest BCUT2D eigenvalue weighted by molar-refractivity contribution is 0.140. The molecule has 4 N–H and O–H groups in total. The van der Waals surface area contributed by atoms with Gasteiger partial charge in [0.05, 0.1) is 0 Å². The van der Waals surface area contributed by atoms with Gasteiger partial charge in [-0.1, -0.05) is 0 Å². The average Bonchev–Trinajstić information content (AvgIpc) is 1.85. The van der Waals surface area contributed by atoms with Crippen molar-refractivity contribution in [3.63, 3.8) is 0 Å². The first-order valence-electron chi connectivity index (χ1n) is 2.77. The molecule has 68 valence electrons. The first-order valence-corrected chi connectivity index (χ1v) is 2.77. The van der Waals surface area contributed by atoms with Gasteiger partial charge in [-0.3, -0.25) is 0 Å². The SMILES string of the molecule is Cl.Nc1cc(N)nc(C(F)F)n1. The number of hydrogen-bond donors (Lipinski definition) is 2. The van der Waals surface area contributed by atoms with Crippen LogP contribution in [0.4, 0.5) is 20.4 Å². The van der Waals surface area contributed by atoms with E-state index in [1.807, 2.05) is 0 Å². The van der Waals surface area contributed by atoms with Gasteiger partial charge in [0.15, 0.2) is 5.82 Å². The van der Waals surface area contributed by atoms with Crippen LogP contribution in [0.2, 0.25) is 0 Å². The molecule has 0 spiro atoms. The Morgan fingerprint density at radius 2 is 1.58 bits per heavy atom. The summed E-state index contributed by atoms with van der Waals surface area (Å²) < 4.78 is 23.8. The van der Waals surface area contributed by atoms with Gasteiger partial charge in [0, 0.05) is 6.07 Å². The maximum absolute atomic E-state index is 11.9. The molecule has 1 heterocycles. The molecule has 1 aromatic heterocycles. The molecule has 0 aliphatic heterocycles. The van der Waals surface area contributed by atoms with E-state index < -0.39 is 12.2 Å². The summed E-state index contributed by atoms with van der Waals surface area (Å²) in [5.41, 5.74) is 10.3. The van der Waals surface area contributed by atoms with Gasteiger partial charge < -0.3 is 11.5 Å². The van der Waals surface area contributed by atoms with Gasteiger partial charge in [-0.15, -0.1) is 12.4 Å². The van der Waals surface area contributed by atoms with E-state index in [-0.39, 0.29) is 24.0 Å². The maximum Gasteiger partial charge on any atom is 0.297 e. The molecular weight excluding hydrogens is 190 g/mol. The Morgan fingerprint density at radius 3 is 1.92 bits per heavy atom. The third kappa shape index (κ3) is 2.46. The number of hydrogen-bond acceptors (Lipinski definition) is 4. The molecule has 0 atom stereocenters. The summed E-state index contributed by atoms with van der Waals surface area (Å²) in [5.74, 6) is -0.733. The molecule has 0 saturated carbocycles. The zero-order chi connectivity index (χ0) is 8.43. The molecule has 0 saturated heterocycles. The Labute approximate surface area is 73.4 Å². The van der Waals surface area contributed by atoms with Gasteiger partial charge >= 0.3 is 0 Å². The first-order chi connectivity index (χ1) is 5.09. The number of aromatic nitrogens is 2. The molecular formula is C5H7ClF2N4. The van der Waals surface area contributed by atoms with Crippen molar-refractivity contribution in [1.29, 1.82) is 0 Å². The van der Waals surface area contributed by atoms with E-state index in [1.54, 1.807) is 0 Å². The summed E-state index contributed by atoms with van der Waals surface area (Å²) in [7, 11) is 0. The molecule has 0 aliphatic carbocycles. The lowest BCUT2D eigenvalue weighted by Gasteiger charge is -1.99. The van der Waals surface area contributed by atoms with Crippen LogP contribution < -0.4 is 11.5 Å². The standard InChI is InChI=1S/C5H6F2N4.ClH/c6-4(7)5-10-2(8)1-3(9)11-5;/h1,4H,(H4,8,9,10,11);1H. The summed E-state index contributed by atoms with van der Waals surface area (Å²) in [6.45, 7) is 0. The van der Waals surface area contributed by atoms with Gasteiger partial charge in [-0.05, 0) is 0 Å². The molecule has 0 radical (unpaired) electrons. The Balaban J connectivity index is 0.00000121. The van der Waals surface area contributed by atoms with Crippen LogP contribution in [0, 0.1) is 0 Å². The lowest BCUT2D eigenvalue weighted by atomic mass is 10.5. The summed E-state index contributed by atoms with van der Waals surface area (Å²) >= 11 is 0. The minimum absolute atomic E-state index is 0. The number of rotatable bonds is 1. The summed E-state index contributed by atoms with van der Waals surface area (Å²) in [4.78, 5) is 6.54. The highest BCUT2D eigenvalue weighted by molar-refractivity contribution is 5.85. The number of nitrogens with zero attached hydrogens (tertiary/aromatic N) is 2. The average molecular weight is 197 g/mol. The second-order valence-electron chi connectivity index (χ2n) is 1.88. The number of nitrogen functional groups attached to an aromatic ring is 2. The van der Waals surface area contributed by atoms with Crippen molar-refractivity contribution in [3.05, 3.63) is 11.9 Å². The quantitative estimate of drug-likeness (QED) is 0.703. The summed E-state index contributed by atoms with van der Waals surface area (Å²) in [6.07, 6.45) is -2.74. The van der Waals surface area contributed by atoms with Crippen molar-refractivity contribution in [3.8, 4) is 0 Å². The van der Waals surface area contributed by atoms with Crippen LogP contribution in [0.3, 0.4) is 0 Å². The Kier molecular flexibility index (Phi) is 3.62. The molecule has 0 aromatic carbocycles. The maximum atomic E-state index is 11.9. The minimum Gasteiger partial charge on any atom is -0.384 e. The van der Waals surface area contributed by atoms with E-state index in [9.17, 15) is 8.78 Å². The lowest BCUT2D eigenvalue weighted by Crippen LogP contribution is -2.03. The van der Waals surface area contributed by atoms with E-state index >= 15 is 0 Å². The molecule has 0 aliphatic rings. The molecule has 1 aromatic rings. The predicted molar refractivity (Wildman–Crippen MR) is 43.1 cm³/mol. The smallest absolute Gasteiger partial charge is 0.297 e. The largest absolute Gasteiger partial charge is 0.384 e. The Hall–Kier alpha value is -1.17. The molecule has 0 amide bonds. The van der Waals surface area contributed by atoms with E-state index in [2.05, 4.69) is 9.97 Å². The van der Waals surface area contributed by atoms with Crippen molar-refractivity contribution in [1.82, 2.24) is 9.97 Å². The molecule has 4 nitrogen and oxygen atoms in total. The Morgan fingerprint density at radius 1 is 1.17 bits per heavy atom. The van der Waals surface area contributed by atoms with Gasteiger partial charge in [-0.25, -0.2) is 18.7 Å². The van der Waals surface area contributed by atoms with Crippen LogP contribution >= 0.6 is 12.4 Å². The van der Waals surface area contributed by atoms with E-state index in [0.29, 0.717) is 0 Å². The fourth-order valence-electron chi connectivity index (χ4n) is 0.603. The third-order valence-corrected chi connectivity index (χ3v) is 0.978. The van der Waals surface area contributed by atoms with Crippen molar-refractivity contribution < 1.29 is 8.78 Å². The number of halogens is 3. The highest BCUT2D eigenvalue weighted by Crippen LogP contribution is 2.16. The fraction of sp³-hybridized carbons (Fsp3) is 0.200. The van der Waals surface area contributed by atoms with Crippen LogP contribution in [0.1, 0.15) is 12.2 Å². The molecule has 0 unspecified atom stereocenters.